The van der Waals surface area contributed by atoms with Gasteiger partial charge < -0.3 is 23.8 Å². The zero-order valence-corrected chi connectivity index (χ0v) is 19.9. The number of morpholine rings is 1. The van der Waals surface area contributed by atoms with Gasteiger partial charge >= 0.3 is 0 Å². The summed E-state index contributed by atoms with van der Waals surface area (Å²) in [6.45, 7) is 6.47. The molecule has 1 aromatic carbocycles. The summed E-state index contributed by atoms with van der Waals surface area (Å²) in [4.78, 5) is 22.9. The van der Waals surface area contributed by atoms with Crippen molar-refractivity contribution < 1.29 is 13.9 Å². The van der Waals surface area contributed by atoms with Gasteiger partial charge in [-0.25, -0.2) is 15.0 Å². The number of likely N-dealkylation sites (tertiary alicyclic amines) is 1. The minimum Gasteiger partial charge on any atom is -0.432 e. The molecule has 0 atom stereocenters. The maximum atomic E-state index is 6.32. The Morgan fingerprint density at radius 3 is 2.72 bits per heavy atom. The Morgan fingerprint density at radius 2 is 1.92 bits per heavy atom. The summed E-state index contributed by atoms with van der Waals surface area (Å²) in [6, 6.07) is 10.5. The standard InChI is InChI=1S/C27H26N6O3/c1-2-19(18-4-6-28-21(18)3-1)24-30-22-20-12-17(14-33-7-5-27(33)15-35-16-27)13-29-26(20)36-23(22)25(31-24)32-8-10-34-11-9-32/h1-4,6,12-13,28H,5,7-11,14-16H2. The average Bonchev–Trinajstić information content (AvgIpc) is 3.50. The van der Waals surface area contributed by atoms with E-state index in [0.717, 1.165) is 78.1 Å². The highest BCUT2D eigenvalue weighted by atomic mass is 16.5. The van der Waals surface area contributed by atoms with E-state index in [9.17, 15) is 0 Å². The molecule has 0 unspecified atom stereocenters. The molecule has 1 spiro atoms. The summed E-state index contributed by atoms with van der Waals surface area (Å²) < 4.78 is 17.4. The zero-order valence-electron chi connectivity index (χ0n) is 19.9. The summed E-state index contributed by atoms with van der Waals surface area (Å²) >= 11 is 0. The number of aromatic amines is 1. The van der Waals surface area contributed by atoms with E-state index in [1.807, 2.05) is 18.5 Å². The lowest BCUT2D eigenvalue weighted by atomic mass is 9.82. The predicted molar refractivity (Wildman–Crippen MR) is 136 cm³/mol. The van der Waals surface area contributed by atoms with Gasteiger partial charge in [0.25, 0.3) is 0 Å². The monoisotopic (exact) mass is 482 g/mol. The molecule has 3 saturated heterocycles. The molecule has 3 aliphatic rings. The average molecular weight is 483 g/mol. The van der Waals surface area contributed by atoms with Crippen LogP contribution in [-0.2, 0) is 16.0 Å². The number of rotatable bonds is 4. The molecule has 4 aromatic heterocycles. The highest BCUT2D eigenvalue weighted by molar-refractivity contribution is 6.06. The molecule has 7 heterocycles. The number of fused-ring (bicyclic) bond motifs is 4. The molecule has 9 heteroatoms. The molecule has 0 aliphatic carbocycles. The number of hydrogen-bond acceptors (Lipinski definition) is 8. The van der Waals surface area contributed by atoms with Crippen molar-refractivity contribution in [3.8, 4) is 11.4 Å². The number of H-pyrrole nitrogens is 1. The van der Waals surface area contributed by atoms with Crippen LogP contribution >= 0.6 is 0 Å². The normalized spacial score (nSPS) is 19.8. The van der Waals surface area contributed by atoms with Crippen LogP contribution in [0.25, 0.3) is 44.5 Å². The molecule has 0 radical (unpaired) electrons. The smallest absolute Gasteiger partial charge is 0.229 e. The van der Waals surface area contributed by atoms with Gasteiger partial charge in [0.2, 0.25) is 5.71 Å². The van der Waals surface area contributed by atoms with Crippen LogP contribution in [0.2, 0.25) is 0 Å². The van der Waals surface area contributed by atoms with Gasteiger partial charge in [-0.05, 0) is 30.2 Å². The molecule has 0 saturated carbocycles. The van der Waals surface area contributed by atoms with E-state index in [-0.39, 0.29) is 5.54 Å². The van der Waals surface area contributed by atoms with Crippen LogP contribution < -0.4 is 4.90 Å². The molecule has 0 amide bonds. The quantitative estimate of drug-likeness (QED) is 0.414. The van der Waals surface area contributed by atoms with Gasteiger partial charge in [0.1, 0.15) is 5.52 Å². The zero-order chi connectivity index (χ0) is 23.7. The highest BCUT2D eigenvalue weighted by Gasteiger charge is 2.50. The number of nitrogens with zero attached hydrogens (tertiary/aromatic N) is 5. The van der Waals surface area contributed by atoms with E-state index in [1.54, 1.807) is 0 Å². The molecule has 5 aromatic rings. The van der Waals surface area contributed by atoms with Crippen molar-refractivity contribution in [2.45, 2.75) is 18.5 Å². The first-order valence-electron chi connectivity index (χ1n) is 12.6. The predicted octanol–water partition coefficient (Wildman–Crippen LogP) is 3.73. The van der Waals surface area contributed by atoms with Crippen LogP contribution in [0.15, 0.2) is 47.1 Å². The van der Waals surface area contributed by atoms with Crippen LogP contribution in [0, 0.1) is 0 Å². The molecular formula is C27H26N6O3. The number of benzene rings is 1. The molecule has 0 bridgehead atoms. The molecular weight excluding hydrogens is 456 g/mol. The number of furan rings is 1. The van der Waals surface area contributed by atoms with E-state index in [4.69, 9.17) is 28.8 Å². The minimum absolute atomic E-state index is 0.238. The summed E-state index contributed by atoms with van der Waals surface area (Å²) in [5.74, 6) is 1.49. The van der Waals surface area contributed by atoms with Crippen LogP contribution in [0.5, 0.6) is 0 Å². The van der Waals surface area contributed by atoms with E-state index in [0.29, 0.717) is 30.3 Å². The van der Waals surface area contributed by atoms with E-state index in [1.165, 1.54) is 6.42 Å². The molecule has 182 valence electrons. The lowest BCUT2D eigenvalue weighted by Crippen LogP contribution is -2.70. The third-order valence-electron chi connectivity index (χ3n) is 7.99. The summed E-state index contributed by atoms with van der Waals surface area (Å²) in [6.07, 6.45) is 5.09. The Bertz CT molecular complexity index is 1610. The number of ether oxygens (including phenoxy) is 2. The Labute approximate surface area is 207 Å². The van der Waals surface area contributed by atoms with Crippen LogP contribution in [0.1, 0.15) is 12.0 Å². The van der Waals surface area contributed by atoms with Crippen LogP contribution in [0.4, 0.5) is 5.82 Å². The first kappa shape index (κ1) is 20.6. The van der Waals surface area contributed by atoms with E-state index >= 15 is 0 Å². The molecule has 8 rings (SSSR count). The summed E-state index contributed by atoms with van der Waals surface area (Å²) in [7, 11) is 0. The molecule has 9 nitrogen and oxygen atoms in total. The summed E-state index contributed by atoms with van der Waals surface area (Å²) in [5.41, 5.74) is 5.56. The maximum absolute atomic E-state index is 6.32. The molecule has 3 aliphatic heterocycles. The number of nitrogens with one attached hydrogen (secondary N) is 1. The molecule has 1 N–H and O–H groups in total. The van der Waals surface area contributed by atoms with Crippen molar-refractivity contribution in [1.29, 1.82) is 0 Å². The summed E-state index contributed by atoms with van der Waals surface area (Å²) in [5, 5.41) is 2.03. The minimum atomic E-state index is 0.238. The van der Waals surface area contributed by atoms with Crippen molar-refractivity contribution in [1.82, 2.24) is 24.8 Å². The van der Waals surface area contributed by atoms with Gasteiger partial charge in [-0.1, -0.05) is 12.1 Å². The van der Waals surface area contributed by atoms with Crippen molar-refractivity contribution >= 4 is 38.9 Å². The first-order valence-corrected chi connectivity index (χ1v) is 12.6. The third-order valence-corrected chi connectivity index (χ3v) is 7.99. The lowest BCUT2D eigenvalue weighted by molar-refractivity contribution is -0.195. The second kappa shape index (κ2) is 7.73. The van der Waals surface area contributed by atoms with Gasteiger partial charge in [0, 0.05) is 55.0 Å². The van der Waals surface area contributed by atoms with Gasteiger partial charge in [-0.2, -0.15) is 0 Å². The Hall–Kier alpha value is -3.53. The van der Waals surface area contributed by atoms with Crippen LogP contribution in [-0.4, -0.2) is 76.4 Å². The fraction of sp³-hybridized carbons (Fsp3) is 0.370. The van der Waals surface area contributed by atoms with Crippen molar-refractivity contribution in [2.24, 2.45) is 0 Å². The fourth-order valence-electron chi connectivity index (χ4n) is 5.75. The first-order chi connectivity index (χ1) is 17.8. The maximum Gasteiger partial charge on any atom is 0.229 e. The van der Waals surface area contributed by atoms with Gasteiger partial charge in [0.15, 0.2) is 17.2 Å². The largest absolute Gasteiger partial charge is 0.432 e. The number of pyridine rings is 1. The van der Waals surface area contributed by atoms with Gasteiger partial charge in [0.05, 0.1) is 37.4 Å². The number of hydrogen-bond donors (Lipinski definition) is 1. The Morgan fingerprint density at radius 1 is 1.00 bits per heavy atom. The van der Waals surface area contributed by atoms with Gasteiger partial charge in [-0.3, -0.25) is 4.90 Å². The number of anilines is 1. The fourth-order valence-corrected chi connectivity index (χ4v) is 5.75. The van der Waals surface area contributed by atoms with Crippen LogP contribution in [0.3, 0.4) is 0 Å². The second-order valence-electron chi connectivity index (χ2n) is 10.1. The lowest BCUT2D eigenvalue weighted by Gasteiger charge is -2.57. The van der Waals surface area contributed by atoms with Gasteiger partial charge in [-0.15, -0.1) is 0 Å². The molecule has 36 heavy (non-hydrogen) atoms. The second-order valence-corrected chi connectivity index (χ2v) is 10.1. The van der Waals surface area contributed by atoms with E-state index in [2.05, 4.69) is 39.0 Å². The Kier molecular flexibility index (Phi) is 4.43. The van der Waals surface area contributed by atoms with Crippen molar-refractivity contribution in [3.63, 3.8) is 0 Å². The SMILES string of the molecule is c1cc(-c2nc(N3CCOCC3)c3oc4ncc(CN5CCC56COC6)cc4c3n2)c2cc[nH]c2c1. The number of aromatic nitrogens is 4. The topological polar surface area (TPSA) is 92.5 Å². The highest BCUT2D eigenvalue weighted by Crippen LogP contribution is 2.40. The van der Waals surface area contributed by atoms with E-state index < -0.39 is 0 Å². The molecule has 3 fully saturated rings. The Balaban J connectivity index is 1.29. The third kappa shape index (κ3) is 3.03. The van der Waals surface area contributed by atoms with Crippen molar-refractivity contribution in [2.75, 3.05) is 51.0 Å². The van der Waals surface area contributed by atoms with Crippen molar-refractivity contribution in [3.05, 3.63) is 48.3 Å².